The molecule has 56 valence electrons. The molecule has 1 rings (SSSR count). The third-order valence-corrected chi connectivity index (χ3v) is 3.11. The maximum Gasteiger partial charge on any atom is 0.0931 e. The third kappa shape index (κ3) is 2.40. The van der Waals surface area contributed by atoms with Gasteiger partial charge in [0.05, 0.1) is 10.1 Å². The first kappa shape index (κ1) is 8.24. The minimum absolute atomic E-state index is 0.622. The van der Waals surface area contributed by atoms with Crippen LogP contribution in [0.25, 0.3) is 0 Å². The Morgan fingerprint density at radius 1 is 1.70 bits per heavy atom. The van der Waals surface area contributed by atoms with E-state index in [0.29, 0.717) is 5.75 Å². The molecule has 0 saturated heterocycles. The van der Waals surface area contributed by atoms with Crippen molar-refractivity contribution in [1.82, 2.24) is 0 Å². The van der Waals surface area contributed by atoms with Gasteiger partial charge in [-0.3, -0.25) is 4.21 Å². The van der Waals surface area contributed by atoms with Crippen molar-refractivity contribution in [3.8, 4) is 0 Å². The highest BCUT2D eigenvalue weighted by atomic mass is 35.5. The number of rotatable bonds is 2. The molecule has 0 aromatic carbocycles. The number of hydrogen-bond donors (Lipinski definition) is 0. The van der Waals surface area contributed by atoms with Gasteiger partial charge in [0, 0.05) is 21.9 Å². The Kier molecular flexibility index (Phi) is 2.89. The summed E-state index contributed by atoms with van der Waals surface area (Å²) in [4.78, 5) is 1.09. The average Bonchev–Trinajstić information content (AvgIpc) is 2.13. The highest BCUT2D eigenvalue weighted by Crippen LogP contribution is 2.21. The van der Waals surface area contributed by atoms with Crippen LogP contribution in [0.2, 0.25) is 4.34 Å². The molecule has 1 aromatic rings. The molecule has 1 atom stereocenters. The van der Waals surface area contributed by atoms with Crippen molar-refractivity contribution in [2.45, 2.75) is 5.75 Å². The molecular weight excluding hydrogens is 188 g/mol. The van der Waals surface area contributed by atoms with Crippen LogP contribution in [-0.4, -0.2) is 10.5 Å². The first-order valence-corrected chi connectivity index (χ1v) is 5.65. The average molecular weight is 195 g/mol. The zero-order valence-corrected chi connectivity index (χ0v) is 7.85. The van der Waals surface area contributed by atoms with E-state index in [1.54, 1.807) is 6.26 Å². The molecule has 0 aliphatic carbocycles. The summed E-state index contributed by atoms with van der Waals surface area (Å²) >= 11 is 7.15. The van der Waals surface area contributed by atoms with Gasteiger partial charge in [0.15, 0.2) is 0 Å². The zero-order valence-electron chi connectivity index (χ0n) is 5.46. The molecule has 0 saturated carbocycles. The summed E-state index contributed by atoms with van der Waals surface area (Å²) in [7, 11) is -0.751. The van der Waals surface area contributed by atoms with Crippen LogP contribution in [-0.2, 0) is 16.6 Å². The lowest BCUT2D eigenvalue weighted by atomic mass is 10.5. The van der Waals surface area contributed by atoms with Gasteiger partial charge in [0.1, 0.15) is 0 Å². The van der Waals surface area contributed by atoms with Crippen molar-refractivity contribution in [3.05, 3.63) is 21.3 Å². The second kappa shape index (κ2) is 3.51. The van der Waals surface area contributed by atoms with E-state index in [2.05, 4.69) is 0 Å². The molecule has 0 aliphatic heterocycles. The molecule has 1 aromatic heterocycles. The summed E-state index contributed by atoms with van der Waals surface area (Å²) in [6, 6.07) is 3.74. The highest BCUT2D eigenvalue weighted by Gasteiger charge is 1.98. The van der Waals surface area contributed by atoms with Gasteiger partial charge >= 0.3 is 0 Å². The van der Waals surface area contributed by atoms with Gasteiger partial charge < -0.3 is 0 Å². The Morgan fingerprint density at radius 3 is 2.80 bits per heavy atom. The van der Waals surface area contributed by atoms with E-state index in [9.17, 15) is 4.21 Å². The summed E-state index contributed by atoms with van der Waals surface area (Å²) in [5.74, 6) is 0.622. The fraction of sp³-hybridized carbons (Fsp3) is 0.333. The Balaban J connectivity index is 2.67. The van der Waals surface area contributed by atoms with Gasteiger partial charge in [0.2, 0.25) is 0 Å². The smallest absolute Gasteiger partial charge is 0.0931 e. The molecule has 1 unspecified atom stereocenters. The Morgan fingerprint density at radius 2 is 2.40 bits per heavy atom. The molecule has 0 amide bonds. The van der Waals surface area contributed by atoms with Crippen molar-refractivity contribution in [2.75, 3.05) is 6.26 Å². The monoisotopic (exact) mass is 194 g/mol. The molecule has 0 bridgehead atoms. The maximum atomic E-state index is 10.7. The van der Waals surface area contributed by atoms with Gasteiger partial charge in [-0.05, 0) is 12.1 Å². The first-order chi connectivity index (χ1) is 4.68. The maximum absolute atomic E-state index is 10.7. The van der Waals surface area contributed by atoms with Crippen LogP contribution in [0, 0.1) is 0 Å². The molecule has 0 radical (unpaired) electrons. The summed E-state index contributed by atoms with van der Waals surface area (Å²) in [5, 5.41) is 0. The second-order valence-corrected chi connectivity index (χ2v) is 5.16. The molecule has 1 nitrogen and oxygen atoms in total. The van der Waals surface area contributed by atoms with Gasteiger partial charge in [-0.15, -0.1) is 11.3 Å². The molecule has 0 fully saturated rings. The Hall–Kier alpha value is 0.140. The third-order valence-electron chi connectivity index (χ3n) is 0.974. The summed E-state index contributed by atoms with van der Waals surface area (Å²) < 4.78 is 11.5. The first-order valence-electron chi connectivity index (χ1n) is 2.73. The van der Waals surface area contributed by atoms with E-state index in [4.69, 9.17) is 11.6 Å². The summed E-state index contributed by atoms with van der Waals surface area (Å²) in [6.07, 6.45) is 1.69. The van der Waals surface area contributed by atoms with Crippen LogP contribution in [0.15, 0.2) is 12.1 Å². The molecule has 0 aliphatic rings. The van der Waals surface area contributed by atoms with Gasteiger partial charge in [-0.25, -0.2) is 0 Å². The van der Waals surface area contributed by atoms with Crippen molar-refractivity contribution in [1.29, 1.82) is 0 Å². The Bertz CT molecular complexity index is 244. The van der Waals surface area contributed by atoms with Crippen molar-refractivity contribution < 1.29 is 4.21 Å². The Labute approximate surface area is 71.5 Å². The summed E-state index contributed by atoms with van der Waals surface area (Å²) in [6.45, 7) is 0. The van der Waals surface area contributed by atoms with Crippen LogP contribution in [0.1, 0.15) is 4.88 Å². The van der Waals surface area contributed by atoms with E-state index in [-0.39, 0.29) is 0 Å². The number of thiophene rings is 1. The highest BCUT2D eigenvalue weighted by molar-refractivity contribution is 7.83. The van der Waals surface area contributed by atoms with E-state index < -0.39 is 10.8 Å². The van der Waals surface area contributed by atoms with Crippen molar-refractivity contribution in [3.63, 3.8) is 0 Å². The predicted octanol–water partition coefficient (Wildman–Crippen LogP) is 2.28. The van der Waals surface area contributed by atoms with Crippen LogP contribution >= 0.6 is 22.9 Å². The molecule has 0 spiro atoms. The number of hydrogen-bond acceptors (Lipinski definition) is 2. The summed E-state index contributed by atoms with van der Waals surface area (Å²) in [5.41, 5.74) is 0. The van der Waals surface area contributed by atoms with Crippen LogP contribution < -0.4 is 0 Å². The lowest BCUT2D eigenvalue weighted by Gasteiger charge is -1.88. The van der Waals surface area contributed by atoms with Crippen molar-refractivity contribution >= 4 is 33.7 Å². The normalized spacial score (nSPS) is 13.4. The second-order valence-electron chi connectivity index (χ2n) is 1.92. The zero-order chi connectivity index (χ0) is 7.56. The molecule has 0 N–H and O–H groups in total. The van der Waals surface area contributed by atoms with E-state index in [0.717, 1.165) is 9.21 Å². The quantitative estimate of drug-likeness (QED) is 0.706. The fourth-order valence-corrected chi connectivity index (χ4v) is 2.74. The standard InChI is InChI=1S/C6H7ClOS2/c1-10(8)4-5-2-3-6(7)9-5/h2-3H,4H2,1H3. The predicted molar refractivity (Wildman–Crippen MR) is 47.1 cm³/mol. The van der Waals surface area contributed by atoms with E-state index in [1.165, 1.54) is 11.3 Å². The SMILES string of the molecule is CS(=O)Cc1ccc(Cl)s1. The van der Waals surface area contributed by atoms with E-state index >= 15 is 0 Å². The van der Waals surface area contributed by atoms with Gasteiger partial charge in [-0.2, -0.15) is 0 Å². The minimum Gasteiger partial charge on any atom is -0.259 e. The lowest BCUT2D eigenvalue weighted by molar-refractivity contribution is 0.686. The van der Waals surface area contributed by atoms with Crippen molar-refractivity contribution in [2.24, 2.45) is 0 Å². The largest absolute Gasteiger partial charge is 0.259 e. The topological polar surface area (TPSA) is 17.1 Å². The molecule has 4 heteroatoms. The van der Waals surface area contributed by atoms with Gasteiger partial charge in [0.25, 0.3) is 0 Å². The van der Waals surface area contributed by atoms with Crippen LogP contribution in [0.4, 0.5) is 0 Å². The molecule has 10 heavy (non-hydrogen) atoms. The van der Waals surface area contributed by atoms with Crippen LogP contribution in [0.5, 0.6) is 0 Å². The van der Waals surface area contributed by atoms with Gasteiger partial charge in [-0.1, -0.05) is 11.6 Å². The number of halogens is 1. The lowest BCUT2D eigenvalue weighted by Crippen LogP contribution is -1.87. The fourth-order valence-electron chi connectivity index (χ4n) is 0.630. The van der Waals surface area contributed by atoms with E-state index in [1.807, 2.05) is 12.1 Å². The molecule has 1 heterocycles. The molecular formula is C6H7ClOS2. The minimum atomic E-state index is -0.751. The van der Waals surface area contributed by atoms with Crippen LogP contribution in [0.3, 0.4) is 0 Å².